The van der Waals surface area contributed by atoms with Gasteiger partial charge >= 0.3 is 5.97 Å². The lowest BCUT2D eigenvalue weighted by Gasteiger charge is -2.29. The second-order valence-corrected chi connectivity index (χ2v) is 12.6. The van der Waals surface area contributed by atoms with Gasteiger partial charge in [0, 0.05) is 29.6 Å². The second-order valence-electron chi connectivity index (χ2n) is 10.4. The molecule has 0 spiro atoms. The number of esters is 1. The summed E-state index contributed by atoms with van der Waals surface area (Å²) < 4.78 is 24.9. The first-order valence-corrected chi connectivity index (χ1v) is 16.2. The third kappa shape index (κ3) is 7.17. The number of amides is 1. The van der Waals surface area contributed by atoms with Gasteiger partial charge in [0.15, 0.2) is 18.1 Å². The Morgan fingerprint density at radius 1 is 1.23 bits per heavy atom. The molecule has 1 amide bonds. The van der Waals surface area contributed by atoms with Crippen molar-refractivity contribution >= 4 is 57.1 Å². The highest BCUT2D eigenvalue weighted by Crippen LogP contribution is 2.43. The number of carbonyl (C=O) groups excluding carboxylic acids is 2. The number of rotatable bonds is 10. The van der Waals surface area contributed by atoms with Crippen LogP contribution in [0.5, 0.6) is 11.5 Å². The molecule has 3 heterocycles. The summed E-state index contributed by atoms with van der Waals surface area (Å²) in [6.45, 7) is 7.29. The van der Waals surface area contributed by atoms with Gasteiger partial charge in [-0.1, -0.05) is 41.6 Å². The van der Waals surface area contributed by atoms with Crippen molar-refractivity contribution in [3.63, 3.8) is 0 Å². The number of anilines is 1. The van der Waals surface area contributed by atoms with Crippen LogP contribution in [0.1, 0.15) is 37.9 Å². The van der Waals surface area contributed by atoms with Crippen LogP contribution < -0.4 is 14.8 Å². The van der Waals surface area contributed by atoms with Crippen molar-refractivity contribution < 1.29 is 28.5 Å². The Labute approximate surface area is 273 Å². The monoisotopic (exact) mass is 705 g/mol. The molecule has 2 aliphatic rings. The normalized spacial score (nSPS) is 16.4. The highest BCUT2D eigenvalue weighted by Gasteiger charge is 2.36. The second kappa shape index (κ2) is 14.2. The first kappa shape index (κ1) is 32.1. The third-order valence-corrected chi connectivity index (χ3v) is 8.83. The minimum absolute atomic E-state index is 0.143. The summed E-state index contributed by atoms with van der Waals surface area (Å²) >= 11 is 11.4. The highest BCUT2D eigenvalue weighted by atomic mass is 79.9. The first-order valence-electron chi connectivity index (χ1n) is 14.0. The first-order chi connectivity index (χ1) is 21.2. The van der Waals surface area contributed by atoms with Gasteiger partial charge in [-0.3, -0.25) is 4.79 Å². The lowest BCUT2D eigenvalue weighted by atomic mass is 9.95. The minimum atomic E-state index is -0.700. The molecule has 5 rings (SSSR count). The van der Waals surface area contributed by atoms with Gasteiger partial charge in [0.1, 0.15) is 6.04 Å². The van der Waals surface area contributed by atoms with Gasteiger partial charge in [-0.05, 0) is 66.0 Å². The Bertz CT molecular complexity index is 1580. The van der Waals surface area contributed by atoms with Gasteiger partial charge in [-0.15, -0.1) is 5.10 Å². The van der Waals surface area contributed by atoms with Crippen LogP contribution in [0.2, 0.25) is 5.02 Å². The number of thioether (sulfide) groups is 1. The summed E-state index contributed by atoms with van der Waals surface area (Å²) in [5.41, 5.74) is 2.60. The SMILES string of the molecule is COc1cc(C2C(C(=O)OC(C)C)=C(C)Nc3nc(SCc4ccccc4Cl)nn32)cc(Br)c1OCC(=O)N1CCOCC1. The molecule has 1 atom stereocenters. The van der Waals surface area contributed by atoms with Crippen LogP contribution in [0.15, 0.2) is 57.3 Å². The Hall–Kier alpha value is -3.26. The van der Waals surface area contributed by atoms with E-state index in [1.807, 2.05) is 30.3 Å². The molecule has 1 saturated heterocycles. The maximum absolute atomic E-state index is 13.5. The van der Waals surface area contributed by atoms with Crippen LogP contribution in [-0.2, 0) is 24.8 Å². The molecule has 2 aromatic carbocycles. The number of fused-ring (bicyclic) bond motifs is 1. The predicted octanol–water partition coefficient (Wildman–Crippen LogP) is 5.47. The fraction of sp³-hybridized carbons (Fsp3) is 0.400. The summed E-state index contributed by atoms with van der Waals surface area (Å²) in [6.07, 6.45) is -0.330. The van der Waals surface area contributed by atoms with E-state index in [9.17, 15) is 9.59 Å². The largest absolute Gasteiger partial charge is 0.493 e. The Morgan fingerprint density at radius 2 is 1.98 bits per heavy atom. The molecule has 234 valence electrons. The van der Waals surface area contributed by atoms with E-state index >= 15 is 0 Å². The number of methoxy groups -OCH3 is 1. The average Bonchev–Trinajstić information content (AvgIpc) is 3.41. The van der Waals surface area contributed by atoms with Crippen LogP contribution in [0.25, 0.3) is 0 Å². The highest BCUT2D eigenvalue weighted by molar-refractivity contribution is 9.10. The van der Waals surface area contributed by atoms with E-state index < -0.39 is 12.0 Å². The van der Waals surface area contributed by atoms with E-state index in [1.54, 1.807) is 36.4 Å². The smallest absolute Gasteiger partial charge is 0.338 e. The maximum Gasteiger partial charge on any atom is 0.338 e. The van der Waals surface area contributed by atoms with Crippen LogP contribution in [0.4, 0.5) is 5.95 Å². The van der Waals surface area contributed by atoms with E-state index in [1.165, 1.54) is 18.9 Å². The third-order valence-electron chi connectivity index (χ3n) is 6.98. The summed E-state index contributed by atoms with van der Waals surface area (Å²) in [7, 11) is 1.52. The van der Waals surface area contributed by atoms with Crippen molar-refractivity contribution in [3.05, 3.63) is 68.3 Å². The number of halogens is 2. The van der Waals surface area contributed by atoms with E-state index in [4.69, 9.17) is 40.6 Å². The summed E-state index contributed by atoms with van der Waals surface area (Å²) in [5.74, 6) is 1.17. The molecule has 11 nitrogen and oxygen atoms in total. The number of ether oxygens (including phenoxy) is 4. The number of allylic oxidation sites excluding steroid dienone is 1. The number of hydrogen-bond donors (Lipinski definition) is 1. The Morgan fingerprint density at radius 3 is 2.68 bits per heavy atom. The van der Waals surface area contributed by atoms with Crippen molar-refractivity contribution in [1.29, 1.82) is 0 Å². The van der Waals surface area contributed by atoms with E-state index in [0.29, 0.717) is 81.0 Å². The molecule has 0 bridgehead atoms. The zero-order chi connectivity index (χ0) is 31.4. The quantitative estimate of drug-likeness (QED) is 0.215. The van der Waals surface area contributed by atoms with Crippen molar-refractivity contribution in [2.75, 3.05) is 45.3 Å². The van der Waals surface area contributed by atoms with Crippen molar-refractivity contribution in [2.45, 2.75) is 43.8 Å². The lowest BCUT2D eigenvalue weighted by Crippen LogP contribution is -2.43. The van der Waals surface area contributed by atoms with Gasteiger partial charge in [0.05, 0.1) is 36.5 Å². The molecular weight excluding hydrogens is 674 g/mol. The molecule has 2 aliphatic heterocycles. The lowest BCUT2D eigenvalue weighted by molar-refractivity contribution is -0.143. The zero-order valence-electron chi connectivity index (χ0n) is 24.8. The van der Waals surface area contributed by atoms with Crippen LogP contribution in [-0.4, -0.2) is 77.7 Å². The Balaban J connectivity index is 1.48. The van der Waals surface area contributed by atoms with E-state index in [0.717, 1.165) is 5.56 Å². The van der Waals surface area contributed by atoms with E-state index in [2.05, 4.69) is 21.2 Å². The molecule has 3 aromatic rings. The molecule has 1 fully saturated rings. The summed E-state index contributed by atoms with van der Waals surface area (Å²) in [5, 5.41) is 9.19. The molecule has 1 unspecified atom stereocenters. The van der Waals surface area contributed by atoms with Crippen molar-refractivity contribution in [3.8, 4) is 11.5 Å². The summed E-state index contributed by atoms with van der Waals surface area (Å²) in [6, 6.07) is 10.5. The van der Waals surface area contributed by atoms with Crippen molar-refractivity contribution in [1.82, 2.24) is 19.7 Å². The van der Waals surface area contributed by atoms with Gasteiger partial charge in [-0.2, -0.15) is 4.98 Å². The van der Waals surface area contributed by atoms with Gasteiger partial charge < -0.3 is 29.2 Å². The van der Waals surface area contributed by atoms with Crippen LogP contribution >= 0.6 is 39.3 Å². The number of benzene rings is 2. The number of aromatic nitrogens is 3. The molecule has 1 aromatic heterocycles. The zero-order valence-corrected chi connectivity index (χ0v) is 27.9. The number of morpholine rings is 1. The molecule has 44 heavy (non-hydrogen) atoms. The van der Waals surface area contributed by atoms with E-state index in [-0.39, 0.29) is 18.6 Å². The molecular formula is C30H33BrClN5O6S. The topological polar surface area (TPSA) is 117 Å². The van der Waals surface area contributed by atoms with Gasteiger partial charge in [-0.25, -0.2) is 9.48 Å². The molecule has 14 heteroatoms. The fourth-order valence-corrected chi connectivity index (χ4v) is 6.57. The number of nitrogens with one attached hydrogen (secondary N) is 1. The fourth-order valence-electron chi connectivity index (χ4n) is 4.88. The number of nitrogens with zero attached hydrogens (tertiary/aromatic N) is 4. The minimum Gasteiger partial charge on any atom is -0.493 e. The van der Waals surface area contributed by atoms with Crippen LogP contribution in [0.3, 0.4) is 0 Å². The summed E-state index contributed by atoms with van der Waals surface area (Å²) in [4.78, 5) is 32.6. The average molecular weight is 707 g/mol. The van der Waals surface area contributed by atoms with Crippen molar-refractivity contribution in [2.24, 2.45) is 0 Å². The number of hydrogen-bond acceptors (Lipinski definition) is 10. The van der Waals surface area contributed by atoms with Gasteiger partial charge in [0.25, 0.3) is 5.91 Å². The number of carbonyl (C=O) groups is 2. The molecule has 0 aliphatic carbocycles. The van der Waals surface area contributed by atoms with Crippen LogP contribution in [0, 0.1) is 0 Å². The molecule has 0 radical (unpaired) electrons. The Kier molecular flexibility index (Phi) is 10.4. The molecule has 0 saturated carbocycles. The molecule has 1 N–H and O–H groups in total. The standard InChI is InChI=1S/C30H33BrClN5O6S/c1-17(2)43-28(39)25-18(3)33-29-34-30(44-16-19-7-5-6-8-22(19)32)35-37(29)26(25)20-13-21(31)27(23(14-20)40-4)42-15-24(38)36-9-11-41-12-10-36/h5-8,13-14,17,26H,9-12,15-16H2,1-4H3,(H,33,34,35). The maximum atomic E-state index is 13.5. The predicted molar refractivity (Wildman–Crippen MR) is 170 cm³/mol. The van der Waals surface area contributed by atoms with Gasteiger partial charge in [0.2, 0.25) is 11.1 Å².